The second-order valence-electron chi connectivity index (χ2n) is 5.85. The van der Waals surface area contributed by atoms with Crippen molar-refractivity contribution in [2.45, 2.75) is 38.6 Å². The van der Waals surface area contributed by atoms with E-state index in [1.54, 1.807) is 24.1 Å². The molecule has 1 amide bonds. The predicted molar refractivity (Wildman–Crippen MR) is 81.1 cm³/mol. The molecule has 0 bridgehead atoms. The number of carboxylic acid groups (broad SMARTS) is 1. The van der Waals surface area contributed by atoms with Gasteiger partial charge < -0.3 is 10.0 Å². The summed E-state index contributed by atoms with van der Waals surface area (Å²) >= 11 is 5.83. The molecule has 1 aromatic carbocycles. The zero-order valence-corrected chi connectivity index (χ0v) is 12.9. The molecule has 0 spiro atoms. The van der Waals surface area contributed by atoms with E-state index in [-0.39, 0.29) is 12.3 Å². The van der Waals surface area contributed by atoms with Gasteiger partial charge in [-0.05, 0) is 30.5 Å². The standard InChI is InChI=1S/C16H20ClNO3/c1-18(11-12-4-6-13(17)7-5-12)14(19)10-16(15(20)21)8-2-3-9-16/h4-7H,2-3,8-11H2,1H3,(H,20,21). The maximum atomic E-state index is 12.3. The van der Waals surface area contributed by atoms with E-state index in [1.165, 1.54) is 0 Å². The summed E-state index contributed by atoms with van der Waals surface area (Å²) in [5.74, 6) is -0.956. The predicted octanol–water partition coefficient (Wildman–Crippen LogP) is 3.33. The van der Waals surface area contributed by atoms with Crippen LogP contribution in [0.4, 0.5) is 0 Å². The van der Waals surface area contributed by atoms with Gasteiger partial charge in [0.05, 0.1) is 5.41 Å². The molecule has 1 fully saturated rings. The molecule has 2 rings (SSSR count). The molecular weight excluding hydrogens is 290 g/mol. The van der Waals surface area contributed by atoms with Crippen LogP contribution in [0.1, 0.15) is 37.7 Å². The van der Waals surface area contributed by atoms with Crippen molar-refractivity contribution in [3.05, 3.63) is 34.9 Å². The molecule has 1 saturated carbocycles. The van der Waals surface area contributed by atoms with Crippen LogP contribution in [0.2, 0.25) is 5.02 Å². The first-order chi connectivity index (χ1) is 9.93. The summed E-state index contributed by atoms with van der Waals surface area (Å²) in [4.78, 5) is 25.4. The molecule has 1 aromatic rings. The summed E-state index contributed by atoms with van der Waals surface area (Å²) in [6, 6.07) is 7.30. The Labute approximate surface area is 129 Å². The molecule has 0 unspecified atom stereocenters. The molecule has 5 heteroatoms. The molecule has 1 N–H and O–H groups in total. The minimum Gasteiger partial charge on any atom is -0.481 e. The molecular formula is C16H20ClNO3. The fourth-order valence-corrected chi connectivity index (χ4v) is 3.02. The Morgan fingerprint density at radius 1 is 1.24 bits per heavy atom. The van der Waals surface area contributed by atoms with Crippen LogP contribution >= 0.6 is 11.6 Å². The lowest BCUT2D eigenvalue weighted by molar-refractivity contribution is -0.153. The fraction of sp³-hybridized carbons (Fsp3) is 0.500. The van der Waals surface area contributed by atoms with E-state index in [2.05, 4.69) is 0 Å². The zero-order valence-electron chi connectivity index (χ0n) is 12.1. The monoisotopic (exact) mass is 309 g/mol. The van der Waals surface area contributed by atoms with Crippen LogP contribution in [-0.2, 0) is 16.1 Å². The summed E-state index contributed by atoms with van der Waals surface area (Å²) in [5, 5.41) is 10.1. The smallest absolute Gasteiger partial charge is 0.310 e. The van der Waals surface area contributed by atoms with Crippen LogP contribution in [0.5, 0.6) is 0 Å². The van der Waals surface area contributed by atoms with Crippen molar-refractivity contribution in [3.8, 4) is 0 Å². The van der Waals surface area contributed by atoms with Crippen molar-refractivity contribution in [2.75, 3.05) is 7.05 Å². The molecule has 21 heavy (non-hydrogen) atoms. The van der Waals surface area contributed by atoms with Crippen molar-refractivity contribution in [2.24, 2.45) is 5.41 Å². The topological polar surface area (TPSA) is 57.6 Å². The van der Waals surface area contributed by atoms with Crippen molar-refractivity contribution < 1.29 is 14.7 Å². The van der Waals surface area contributed by atoms with Crippen LogP contribution < -0.4 is 0 Å². The average Bonchev–Trinajstić information content (AvgIpc) is 2.91. The molecule has 0 saturated heterocycles. The van der Waals surface area contributed by atoms with Gasteiger partial charge in [0.2, 0.25) is 5.91 Å². The second-order valence-corrected chi connectivity index (χ2v) is 6.28. The lowest BCUT2D eigenvalue weighted by atomic mass is 9.82. The Balaban J connectivity index is 1.99. The number of carbonyl (C=O) groups excluding carboxylic acids is 1. The molecule has 1 aliphatic carbocycles. The minimum atomic E-state index is -0.856. The highest BCUT2D eigenvalue weighted by atomic mass is 35.5. The minimum absolute atomic E-state index is 0.0897. The third-order valence-corrected chi connectivity index (χ3v) is 4.51. The number of carbonyl (C=O) groups is 2. The number of benzene rings is 1. The van der Waals surface area contributed by atoms with Crippen molar-refractivity contribution >= 4 is 23.5 Å². The lowest BCUT2D eigenvalue weighted by Crippen LogP contribution is -2.36. The Morgan fingerprint density at radius 3 is 2.33 bits per heavy atom. The molecule has 0 aliphatic heterocycles. The van der Waals surface area contributed by atoms with E-state index in [0.717, 1.165) is 18.4 Å². The average molecular weight is 310 g/mol. The van der Waals surface area contributed by atoms with Gasteiger partial charge in [-0.3, -0.25) is 9.59 Å². The van der Waals surface area contributed by atoms with Gasteiger partial charge in [0, 0.05) is 25.0 Å². The Hall–Kier alpha value is -1.55. The summed E-state index contributed by atoms with van der Waals surface area (Å²) in [7, 11) is 1.71. The highest BCUT2D eigenvalue weighted by molar-refractivity contribution is 6.30. The number of nitrogens with zero attached hydrogens (tertiary/aromatic N) is 1. The van der Waals surface area contributed by atoms with Gasteiger partial charge in [0.25, 0.3) is 0 Å². The van der Waals surface area contributed by atoms with Gasteiger partial charge in [-0.25, -0.2) is 0 Å². The summed E-state index contributed by atoms with van der Waals surface area (Å²) in [5.41, 5.74) is 0.122. The number of hydrogen-bond donors (Lipinski definition) is 1. The molecule has 0 atom stereocenters. The highest BCUT2D eigenvalue weighted by Gasteiger charge is 2.43. The molecule has 0 heterocycles. The van der Waals surface area contributed by atoms with Gasteiger partial charge in [-0.15, -0.1) is 0 Å². The van der Waals surface area contributed by atoms with Gasteiger partial charge >= 0.3 is 5.97 Å². The first kappa shape index (κ1) is 15.8. The molecule has 1 aliphatic rings. The highest BCUT2D eigenvalue weighted by Crippen LogP contribution is 2.41. The Bertz CT molecular complexity index is 521. The number of aliphatic carboxylic acids is 1. The number of hydrogen-bond acceptors (Lipinski definition) is 2. The van der Waals surface area contributed by atoms with Crippen LogP contribution in [0.15, 0.2) is 24.3 Å². The zero-order chi connectivity index (χ0) is 15.5. The van der Waals surface area contributed by atoms with Gasteiger partial charge in [0.15, 0.2) is 0 Å². The lowest BCUT2D eigenvalue weighted by Gasteiger charge is -2.26. The van der Waals surface area contributed by atoms with E-state index in [4.69, 9.17) is 11.6 Å². The van der Waals surface area contributed by atoms with Crippen molar-refractivity contribution in [1.82, 2.24) is 4.90 Å². The third-order valence-electron chi connectivity index (χ3n) is 4.26. The van der Waals surface area contributed by atoms with E-state index in [1.807, 2.05) is 12.1 Å². The molecule has 0 radical (unpaired) electrons. The summed E-state index contributed by atoms with van der Waals surface area (Å²) < 4.78 is 0. The maximum Gasteiger partial charge on any atom is 0.310 e. The van der Waals surface area contributed by atoms with E-state index >= 15 is 0 Å². The van der Waals surface area contributed by atoms with Crippen molar-refractivity contribution in [1.29, 1.82) is 0 Å². The van der Waals surface area contributed by atoms with Gasteiger partial charge in [0.1, 0.15) is 0 Å². The summed E-state index contributed by atoms with van der Waals surface area (Å²) in [6.07, 6.45) is 3.07. The number of halogens is 1. The van der Waals surface area contributed by atoms with Gasteiger partial charge in [-0.1, -0.05) is 36.6 Å². The molecule has 114 valence electrons. The van der Waals surface area contributed by atoms with Crippen LogP contribution in [0.3, 0.4) is 0 Å². The van der Waals surface area contributed by atoms with Gasteiger partial charge in [-0.2, -0.15) is 0 Å². The van der Waals surface area contributed by atoms with Crippen LogP contribution in [0, 0.1) is 5.41 Å². The number of rotatable bonds is 5. The second kappa shape index (κ2) is 6.48. The Kier molecular flexibility index (Phi) is 4.88. The van der Waals surface area contributed by atoms with Crippen molar-refractivity contribution in [3.63, 3.8) is 0 Å². The largest absolute Gasteiger partial charge is 0.481 e. The fourth-order valence-electron chi connectivity index (χ4n) is 2.89. The number of carboxylic acids is 1. The normalized spacial score (nSPS) is 16.7. The number of amides is 1. The first-order valence-corrected chi connectivity index (χ1v) is 7.52. The first-order valence-electron chi connectivity index (χ1n) is 7.15. The quantitative estimate of drug-likeness (QED) is 0.907. The summed E-state index contributed by atoms with van der Waals surface area (Å²) in [6.45, 7) is 0.464. The van der Waals surface area contributed by atoms with E-state index < -0.39 is 11.4 Å². The van der Waals surface area contributed by atoms with E-state index in [9.17, 15) is 14.7 Å². The maximum absolute atomic E-state index is 12.3. The molecule has 4 nitrogen and oxygen atoms in total. The van der Waals surface area contributed by atoms with E-state index in [0.29, 0.717) is 24.4 Å². The third kappa shape index (κ3) is 3.76. The SMILES string of the molecule is CN(Cc1ccc(Cl)cc1)C(=O)CC1(C(=O)O)CCCC1. The Morgan fingerprint density at radius 2 is 1.81 bits per heavy atom. The van der Waals surface area contributed by atoms with Crippen LogP contribution in [-0.4, -0.2) is 28.9 Å². The molecule has 0 aromatic heterocycles. The van der Waals surface area contributed by atoms with Crippen LogP contribution in [0.25, 0.3) is 0 Å².